The third kappa shape index (κ3) is 3.52. The zero-order valence-electron chi connectivity index (χ0n) is 13.1. The summed E-state index contributed by atoms with van der Waals surface area (Å²) in [6.45, 7) is 2.91. The first-order valence-electron chi connectivity index (χ1n) is 7.64. The van der Waals surface area contributed by atoms with Gasteiger partial charge in [0.25, 0.3) is 11.8 Å². The van der Waals surface area contributed by atoms with Crippen LogP contribution in [0.1, 0.15) is 20.7 Å². The standard InChI is InChI=1S/C17H18N4O3/c18-16(22)13-3-1-2-4-14(13)20-17(23)12-5-6-15(19-11-12)21-7-9-24-10-8-21/h1-6,11H,7-10H2,(H2,18,22)(H,20,23). The smallest absolute Gasteiger partial charge is 0.257 e. The van der Waals surface area contributed by atoms with Gasteiger partial charge in [-0.2, -0.15) is 0 Å². The van der Waals surface area contributed by atoms with Crippen LogP contribution < -0.4 is 16.0 Å². The van der Waals surface area contributed by atoms with Gasteiger partial charge in [-0.15, -0.1) is 0 Å². The molecule has 3 rings (SSSR count). The molecule has 2 heterocycles. The Morgan fingerprint density at radius 2 is 1.88 bits per heavy atom. The Morgan fingerprint density at radius 1 is 1.12 bits per heavy atom. The zero-order chi connectivity index (χ0) is 16.9. The number of pyridine rings is 1. The van der Waals surface area contributed by atoms with Crippen molar-refractivity contribution in [3.05, 3.63) is 53.7 Å². The number of aromatic nitrogens is 1. The Hall–Kier alpha value is -2.93. The van der Waals surface area contributed by atoms with Gasteiger partial charge in [-0.25, -0.2) is 4.98 Å². The fraction of sp³-hybridized carbons (Fsp3) is 0.235. The monoisotopic (exact) mass is 326 g/mol. The second-order valence-electron chi connectivity index (χ2n) is 5.37. The van der Waals surface area contributed by atoms with E-state index >= 15 is 0 Å². The van der Waals surface area contributed by atoms with Gasteiger partial charge < -0.3 is 20.7 Å². The number of ether oxygens (including phenoxy) is 1. The molecule has 3 N–H and O–H groups in total. The van der Waals surface area contributed by atoms with Gasteiger partial charge in [-0.1, -0.05) is 12.1 Å². The predicted molar refractivity (Wildman–Crippen MR) is 90.2 cm³/mol. The van der Waals surface area contributed by atoms with E-state index < -0.39 is 5.91 Å². The van der Waals surface area contributed by atoms with E-state index in [2.05, 4.69) is 15.2 Å². The summed E-state index contributed by atoms with van der Waals surface area (Å²) < 4.78 is 5.31. The number of nitrogens with one attached hydrogen (secondary N) is 1. The number of nitrogens with two attached hydrogens (primary N) is 1. The Bertz CT molecular complexity index is 740. The second-order valence-corrected chi connectivity index (χ2v) is 5.37. The molecule has 24 heavy (non-hydrogen) atoms. The van der Waals surface area contributed by atoms with E-state index in [1.54, 1.807) is 36.4 Å². The van der Waals surface area contributed by atoms with Gasteiger partial charge in [0.2, 0.25) is 0 Å². The van der Waals surface area contributed by atoms with Crippen molar-refractivity contribution in [2.24, 2.45) is 5.73 Å². The summed E-state index contributed by atoms with van der Waals surface area (Å²) in [4.78, 5) is 30.2. The number of hydrogen-bond donors (Lipinski definition) is 2. The van der Waals surface area contributed by atoms with E-state index in [1.165, 1.54) is 6.20 Å². The Labute approximate surface area is 139 Å². The molecular formula is C17H18N4O3. The number of carbonyl (C=O) groups excluding carboxylic acids is 2. The van der Waals surface area contributed by atoms with Crippen molar-refractivity contribution in [2.75, 3.05) is 36.5 Å². The van der Waals surface area contributed by atoms with Gasteiger partial charge in [0.15, 0.2) is 0 Å². The molecule has 0 saturated carbocycles. The highest BCUT2D eigenvalue weighted by Gasteiger charge is 2.15. The minimum atomic E-state index is -0.591. The molecule has 0 bridgehead atoms. The summed E-state index contributed by atoms with van der Waals surface area (Å²) in [5, 5.41) is 2.69. The van der Waals surface area contributed by atoms with Gasteiger partial charge in [0.1, 0.15) is 5.82 Å². The first-order valence-corrected chi connectivity index (χ1v) is 7.64. The lowest BCUT2D eigenvalue weighted by Crippen LogP contribution is -2.36. The fourth-order valence-electron chi connectivity index (χ4n) is 2.50. The number of benzene rings is 1. The van der Waals surface area contributed by atoms with Crippen LogP contribution in [0, 0.1) is 0 Å². The molecule has 0 unspecified atom stereocenters. The van der Waals surface area contributed by atoms with Crippen molar-refractivity contribution in [1.82, 2.24) is 4.98 Å². The molecule has 124 valence electrons. The number of anilines is 2. The Morgan fingerprint density at radius 3 is 2.54 bits per heavy atom. The van der Waals surface area contributed by atoms with Crippen LogP contribution in [0.3, 0.4) is 0 Å². The van der Waals surface area contributed by atoms with Crippen molar-refractivity contribution in [3.63, 3.8) is 0 Å². The molecule has 0 spiro atoms. The van der Waals surface area contributed by atoms with Gasteiger partial charge >= 0.3 is 0 Å². The molecule has 0 radical (unpaired) electrons. The van der Waals surface area contributed by atoms with E-state index in [0.717, 1.165) is 18.9 Å². The number of rotatable bonds is 4. The SMILES string of the molecule is NC(=O)c1ccccc1NC(=O)c1ccc(N2CCOCC2)nc1. The van der Waals surface area contributed by atoms with Crippen molar-refractivity contribution in [2.45, 2.75) is 0 Å². The molecule has 7 nitrogen and oxygen atoms in total. The van der Waals surface area contributed by atoms with Crippen LogP contribution in [0.15, 0.2) is 42.6 Å². The summed E-state index contributed by atoms with van der Waals surface area (Å²) in [6, 6.07) is 10.1. The average molecular weight is 326 g/mol. The van der Waals surface area contributed by atoms with Crippen LogP contribution in [0.25, 0.3) is 0 Å². The van der Waals surface area contributed by atoms with Crippen LogP contribution in [-0.4, -0.2) is 43.1 Å². The van der Waals surface area contributed by atoms with Crippen LogP contribution in [-0.2, 0) is 4.74 Å². The molecule has 1 saturated heterocycles. The predicted octanol–water partition coefficient (Wildman–Crippen LogP) is 1.27. The summed E-state index contributed by atoms with van der Waals surface area (Å²) in [5.41, 5.74) is 6.37. The number of nitrogens with zero attached hydrogens (tertiary/aromatic N) is 2. The minimum Gasteiger partial charge on any atom is -0.378 e. The summed E-state index contributed by atoms with van der Waals surface area (Å²) in [7, 11) is 0. The van der Waals surface area contributed by atoms with E-state index in [4.69, 9.17) is 10.5 Å². The first-order chi connectivity index (χ1) is 11.6. The fourth-order valence-corrected chi connectivity index (χ4v) is 2.50. The van der Waals surface area contributed by atoms with E-state index in [9.17, 15) is 9.59 Å². The first kappa shape index (κ1) is 15.9. The molecule has 0 aliphatic carbocycles. The zero-order valence-corrected chi connectivity index (χ0v) is 13.1. The average Bonchev–Trinajstić information content (AvgIpc) is 2.63. The van der Waals surface area contributed by atoms with Gasteiger partial charge in [-0.05, 0) is 24.3 Å². The summed E-state index contributed by atoms with van der Waals surface area (Å²) in [5.74, 6) is -0.121. The molecule has 1 fully saturated rings. The Kier molecular flexibility index (Phi) is 4.72. The Balaban J connectivity index is 1.72. The molecule has 1 aliphatic heterocycles. The van der Waals surface area contributed by atoms with Crippen LogP contribution in [0.4, 0.5) is 11.5 Å². The molecule has 1 aromatic carbocycles. The molecule has 2 aromatic rings. The van der Waals surface area contributed by atoms with E-state index in [0.29, 0.717) is 24.5 Å². The highest BCUT2D eigenvalue weighted by atomic mass is 16.5. The third-order valence-electron chi connectivity index (χ3n) is 3.79. The van der Waals surface area contributed by atoms with Crippen LogP contribution in [0.2, 0.25) is 0 Å². The second kappa shape index (κ2) is 7.10. The molecule has 1 aromatic heterocycles. The lowest BCUT2D eigenvalue weighted by atomic mass is 10.1. The largest absolute Gasteiger partial charge is 0.378 e. The maximum absolute atomic E-state index is 12.3. The maximum atomic E-state index is 12.3. The van der Waals surface area contributed by atoms with Crippen molar-refractivity contribution in [3.8, 4) is 0 Å². The number of primary amides is 1. The number of carbonyl (C=O) groups is 2. The molecule has 0 atom stereocenters. The van der Waals surface area contributed by atoms with E-state index in [1.807, 2.05) is 0 Å². The minimum absolute atomic E-state index is 0.267. The molecule has 1 aliphatic rings. The normalized spacial score (nSPS) is 14.2. The third-order valence-corrected chi connectivity index (χ3v) is 3.79. The van der Waals surface area contributed by atoms with Crippen molar-refractivity contribution >= 4 is 23.3 Å². The van der Waals surface area contributed by atoms with E-state index in [-0.39, 0.29) is 11.5 Å². The molecular weight excluding hydrogens is 308 g/mol. The van der Waals surface area contributed by atoms with Gasteiger partial charge in [0, 0.05) is 19.3 Å². The van der Waals surface area contributed by atoms with Gasteiger partial charge in [0.05, 0.1) is 30.0 Å². The van der Waals surface area contributed by atoms with Crippen LogP contribution in [0.5, 0.6) is 0 Å². The summed E-state index contributed by atoms with van der Waals surface area (Å²) in [6.07, 6.45) is 1.52. The lowest BCUT2D eigenvalue weighted by molar-refractivity contribution is 0.100. The van der Waals surface area contributed by atoms with Crippen molar-refractivity contribution in [1.29, 1.82) is 0 Å². The highest BCUT2D eigenvalue weighted by molar-refractivity contribution is 6.08. The number of amides is 2. The quantitative estimate of drug-likeness (QED) is 0.882. The number of hydrogen-bond acceptors (Lipinski definition) is 5. The van der Waals surface area contributed by atoms with Crippen LogP contribution >= 0.6 is 0 Å². The summed E-state index contributed by atoms with van der Waals surface area (Å²) >= 11 is 0. The molecule has 2 amide bonds. The van der Waals surface area contributed by atoms with Crippen molar-refractivity contribution < 1.29 is 14.3 Å². The molecule has 7 heteroatoms. The maximum Gasteiger partial charge on any atom is 0.257 e. The topological polar surface area (TPSA) is 97.5 Å². The number of para-hydroxylation sites is 1. The highest BCUT2D eigenvalue weighted by Crippen LogP contribution is 2.17. The lowest BCUT2D eigenvalue weighted by Gasteiger charge is -2.27. The number of morpholine rings is 1. The van der Waals surface area contributed by atoms with Gasteiger partial charge in [-0.3, -0.25) is 9.59 Å².